The van der Waals surface area contributed by atoms with Gasteiger partial charge in [0.05, 0.1) is 12.2 Å². The van der Waals surface area contributed by atoms with E-state index in [9.17, 15) is 18.0 Å². The molecule has 0 atom stereocenters. The molecule has 0 aliphatic carbocycles. The normalized spacial score (nSPS) is 14.6. The number of amides is 3. The minimum Gasteiger partial charge on any atom is -0.308 e. The van der Waals surface area contributed by atoms with Crippen LogP contribution in [0.3, 0.4) is 0 Å². The van der Waals surface area contributed by atoms with Crippen LogP contribution in [0.1, 0.15) is 12.8 Å². The largest absolute Gasteiger partial charge is 0.324 e. The van der Waals surface area contributed by atoms with Crippen LogP contribution in [0.5, 0.6) is 0 Å². The Hall–Kier alpha value is -2.46. The molecule has 124 valence electrons. The molecular weight excluding hydrogens is 324 g/mol. The van der Waals surface area contributed by atoms with E-state index in [0.717, 1.165) is 5.01 Å². The zero-order chi connectivity index (χ0) is 16.9. The fraction of sp³-hybridized carbons (Fsp3) is 0.308. The number of benzene rings is 1. The lowest BCUT2D eigenvalue weighted by atomic mass is 10.3. The summed E-state index contributed by atoms with van der Waals surface area (Å²) < 4.78 is 29.9. The van der Waals surface area contributed by atoms with Crippen molar-refractivity contribution in [3.63, 3.8) is 0 Å². The summed E-state index contributed by atoms with van der Waals surface area (Å²) in [5, 5.41) is 10.0. The number of urea groups is 1. The van der Waals surface area contributed by atoms with Gasteiger partial charge < -0.3 is 5.32 Å². The van der Waals surface area contributed by atoms with Gasteiger partial charge in [0.1, 0.15) is 5.84 Å². The van der Waals surface area contributed by atoms with Gasteiger partial charge in [-0.25, -0.2) is 9.80 Å². The SMILES string of the molecule is O=C(NC1=NN(CCCS(=O)(=O)O)C(=O)C1)Nc1ccccc1. The summed E-state index contributed by atoms with van der Waals surface area (Å²) in [4.78, 5) is 23.5. The first-order valence-electron chi connectivity index (χ1n) is 6.79. The maximum absolute atomic E-state index is 11.8. The summed E-state index contributed by atoms with van der Waals surface area (Å²) in [6.07, 6.45) is -0.0222. The van der Waals surface area contributed by atoms with Crippen molar-refractivity contribution in [3.05, 3.63) is 30.3 Å². The maximum Gasteiger partial charge on any atom is 0.324 e. The molecule has 9 nitrogen and oxygen atoms in total. The van der Waals surface area contributed by atoms with Crippen LogP contribution in [-0.4, -0.2) is 48.1 Å². The van der Waals surface area contributed by atoms with Crippen LogP contribution in [0, 0.1) is 0 Å². The highest BCUT2D eigenvalue weighted by Gasteiger charge is 2.25. The lowest BCUT2D eigenvalue weighted by Crippen LogP contribution is -2.33. The van der Waals surface area contributed by atoms with Crippen molar-refractivity contribution in [2.75, 3.05) is 17.6 Å². The second-order valence-electron chi connectivity index (χ2n) is 4.83. The van der Waals surface area contributed by atoms with Crippen molar-refractivity contribution in [2.24, 2.45) is 5.10 Å². The van der Waals surface area contributed by atoms with E-state index in [0.29, 0.717) is 5.69 Å². The van der Waals surface area contributed by atoms with E-state index < -0.39 is 21.9 Å². The van der Waals surface area contributed by atoms with Crippen molar-refractivity contribution in [3.8, 4) is 0 Å². The Balaban J connectivity index is 1.84. The highest BCUT2D eigenvalue weighted by Crippen LogP contribution is 2.09. The van der Waals surface area contributed by atoms with Gasteiger partial charge in [0, 0.05) is 12.2 Å². The van der Waals surface area contributed by atoms with Crippen LogP contribution in [0.4, 0.5) is 10.5 Å². The Kier molecular flexibility index (Phi) is 5.29. The molecule has 0 unspecified atom stereocenters. The topological polar surface area (TPSA) is 128 Å². The van der Waals surface area contributed by atoms with Crippen molar-refractivity contribution < 1.29 is 22.6 Å². The molecule has 1 aliphatic rings. The molecular formula is C13H16N4O5S. The molecule has 0 fully saturated rings. The standard InChI is InChI=1S/C13H16N4O5S/c18-12-9-11(16-17(12)7-4-8-23(20,21)22)15-13(19)14-10-5-2-1-3-6-10/h1-3,5-6H,4,7-9H2,(H,20,21,22)(H2,14,15,16,19). The van der Waals surface area contributed by atoms with Gasteiger partial charge in [0.2, 0.25) is 5.91 Å². The van der Waals surface area contributed by atoms with E-state index in [4.69, 9.17) is 4.55 Å². The Labute approximate surface area is 133 Å². The highest BCUT2D eigenvalue weighted by atomic mass is 32.2. The molecule has 3 amide bonds. The fourth-order valence-electron chi connectivity index (χ4n) is 1.93. The molecule has 0 spiro atoms. The molecule has 0 bridgehead atoms. The van der Waals surface area contributed by atoms with E-state index in [1.165, 1.54) is 0 Å². The minimum absolute atomic E-state index is 0.0457. The van der Waals surface area contributed by atoms with Crippen molar-refractivity contribution >= 4 is 33.6 Å². The zero-order valence-electron chi connectivity index (χ0n) is 12.1. The first-order valence-corrected chi connectivity index (χ1v) is 8.40. The predicted octanol–water partition coefficient (Wildman–Crippen LogP) is 0.632. The van der Waals surface area contributed by atoms with Crippen molar-refractivity contribution in [1.29, 1.82) is 0 Å². The van der Waals surface area contributed by atoms with Gasteiger partial charge in [-0.1, -0.05) is 18.2 Å². The van der Waals surface area contributed by atoms with Gasteiger partial charge in [-0.3, -0.25) is 14.7 Å². The number of anilines is 1. The number of hydrazone groups is 1. The quantitative estimate of drug-likeness (QED) is 0.677. The zero-order valence-corrected chi connectivity index (χ0v) is 12.9. The van der Waals surface area contributed by atoms with E-state index >= 15 is 0 Å². The lowest BCUT2D eigenvalue weighted by Gasteiger charge is -2.10. The minimum atomic E-state index is -4.07. The summed E-state index contributed by atoms with van der Waals surface area (Å²) in [5.74, 6) is -0.630. The molecule has 1 aliphatic heterocycles. The van der Waals surface area contributed by atoms with Gasteiger partial charge in [0.25, 0.3) is 10.1 Å². The van der Waals surface area contributed by atoms with Crippen molar-refractivity contribution in [2.45, 2.75) is 12.8 Å². The molecule has 0 aromatic heterocycles. The van der Waals surface area contributed by atoms with Crippen molar-refractivity contribution in [1.82, 2.24) is 10.3 Å². The third-order valence-electron chi connectivity index (χ3n) is 2.91. The maximum atomic E-state index is 11.8. The number of amidine groups is 1. The van der Waals surface area contributed by atoms with Gasteiger partial charge in [-0.2, -0.15) is 13.5 Å². The molecule has 1 heterocycles. The second kappa shape index (κ2) is 7.20. The van der Waals surface area contributed by atoms with Gasteiger partial charge in [-0.15, -0.1) is 0 Å². The Morgan fingerprint density at radius 1 is 1.26 bits per heavy atom. The molecule has 1 aromatic rings. The average Bonchev–Trinajstić information content (AvgIpc) is 2.78. The number of carbonyl (C=O) groups is 2. The van der Waals surface area contributed by atoms with Gasteiger partial charge >= 0.3 is 6.03 Å². The van der Waals surface area contributed by atoms with Gasteiger partial charge in [-0.05, 0) is 18.6 Å². The first kappa shape index (κ1) is 16.9. The molecule has 3 N–H and O–H groups in total. The second-order valence-corrected chi connectivity index (χ2v) is 6.40. The highest BCUT2D eigenvalue weighted by molar-refractivity contribution is 7.85. The molecule has 1 aromatic carbocycles. The van der Waals surface area contributed by atoms with Gasteiger partial charge in [0.15, 0.2) is 0 Å². The Bertz CT molecular complexity index is 717. The van der Waals surface area contributed by atoms with E-state index in [-0.39, 0.29) is 31.1 Å². The lowest BCUT2D eigenvalue weighted by molar-refractivity contribution is -0.128. The third-order valence-corrected chi connectivity index (χ3v) is 3.71. The Morgan fingerprint density at radius 2 is 1.96 bits per heavy atom. The van der Waals surface area contributed by atoms with Crippen LogP contribution in [0.2, 0.25) is 0 Å². The number of para-hydroxylation sites is 1. The summed E-state index contributed by atoms with van der Waals surface area (Å²) in [6.45, 7) is 0.0457. The number of nitrogens with one attached hydrogen (secondary N) is 2. The fourth-order valence-corrected chi connectivity index (χ4v) is 2.42. The third kappa shape index (κ3) is 5.68. The van der Waals surface area contributed by atoms with Crippen LogP contribution in [-0.2, 0) is 14.9 Å². The summed E-state index contributed by atoms with van der Waals surface area (Å²) >= 11 is 0. The molecule has 23 heavy (non-hydrogen) atoms. The monoisotopic (exact) mass is 340 g/mol. The number of rotatable bonds is 5. The number of nitrogens with zero attached hydrogens (tertiary/aromatic N) is 2. The average molecular weight is 340 g/mol. The molecule has 0 radical (unpaired) electrons. The molecule has 0 saturated heterocycles. The molecule has 10 heteroatoms. The van der Waals surface area contributed by atoms with E-state index in [1.54, 1.807) is 24.3 Å². The number of carbonyl (C=O) groups excluding carboxylic acids is 2. The number of hydrogen-bond acceptors (Lipinski definition) is 5. The summed E-state index contributed by atoms with van der Waals surface area (Å²) in [5.41, 5.74) is 0.597. The van der Waals surface area contributed by atoms with Crippen LogP contribution in [0.15, 0.2) is 35.4 Å². The predicted molar refractivity (Wildman–Crippen MR) is 83.4 cm³/mol. The van der Waals surface area contributed by atoms with E-state index in [2.05, 4.69) is 15.7 Å². The summed E-state index contributed by atoms with van der Waals surface area (Å²) in [6, 6.07) is 8.24. The first-order chi connectivity index (χ1) is 10.8. The van der Waals surface area contributed by atoms with Crippen LogP contribution < -0.4 is 10.6 Å². The summed E-state index contributed by atoms with van der Waals surface area (Å²) in [7, 11) is -4.07. The van der Waals surface area contributed by atoms with Crippen LogP contribution >= 0.6 is 0 Å². The van der Waals surface area contributed by atoms with Crippen LogP contribution in [0.25, 0.3) is 0 Å². The Morgan fingerprint density at radius 3 is 2.61 bits per heavy atom. The smallest absolute Gasteiger partial charge is 0.308 e. The number of hydrogen-bond donors (Lipinski definition) is 3. The molecule has 2 rings (SSSR count). The van der Waals surface area contributed by atoms with E-state index in [1.807, 2.05) is 6.07 Å². The molecule has 0 saturated carbocycles.